The number of amides is 2. The molecule has 0 aromatic heterocycles. The minimum atomic E-state index is -0.509. The number of rotatable bonds is 6. The van der Waals surface area contributed by atoms with Crippen molar-refractivity contribution in [3.63, 3.8) is 0 Å². The summed E-state index contributed by atoms with van der Waals surface area (Å²) in [6.45, 7) is 10.2. The van der Waals surface area contributed by atoms with Crippen molar-refractivity contribution in [3.8, 4) is 0 Å². The van der Waals surface area contributed by atoms with Crippen LogP contribution in [0.3, 0.4) is 0 Å². The first kappa shape index (κ1) is 20.0. The second-order valence-electron chi connectivity index (χ2n) is 7.33. The van der Waals surface area contributed by atoms with E-state index < -0.39 is 5.60 Å². The fourth-order valence-electron chi connectivity index (χ4n) is 2.08. The molecule has 0 aliphatic carbocycles. The first-order chi connectivity index (χ1) is 11.1. The van der Waals surface area contributed by atoms with Crippen molar-refractivity contribution >= 4 is 17.7 Å². The molecule has 0 atom stereocenters. The molecular weight excluding hydrogens is 304 g/mol. The minimum Gasteiger partial charge on any atom is -0.444 e. The quantitative estimate of drug-likeness (QED) is 0.839. The number of carbonyl (C=O) groups is 2. The zero-order chi connectivity index (χ0) is 18.3. The van der Waals surface area contributed by atoms with Crippen molar-refractivity contribution in [2.24, 2.45) is 0 Å². The Kier molecular flexibility index (Phi) is 7.26. The maximum Gasteiger partial charge on any atom is 0.410 e. The van der Waals surface area contributed by atoms with Crippen LogP contribution in [0.25, 0.3) is 0 Å². The SMILES string of the molecule is CC(C)c1ccc(NC(=O)CCCN(C)C(=O)OC(C)(C)C)cc1. The van der Waals surface area contributed by atoms with Crippen LogP contribution >= 0.6 is 0 Å². The highest BCUT2D eigenvalue weighted by Gasteiger charge is 2.19. The van der Waals surface area contributed by atoms with Gasteiger partial charge in [-0.3, -0.25) is 4.79 Å². The zero-order valence-electron chi connectivity index (χ0n) is 15.7. The Morgan fingerprint density at radius 3 is 2.25 bits per heavy atom. The van der Waals surface area contributed by atoms with Gasteiger partial charge in [0, 0.05) is 25.7 Å². The van der Waals surface area contributed by atoms with Gasteiger partial charge in [-0.1, -0.05) is 26.0 Å². The zero-order valence-corrected chi connectivity index (χ0v) is 15.7. The predicted octanol–water partition coefficient (Wildman–Crippen LogP) is 4.40. The maximum absolute atomic E-state index is 12.0. The highest BCUT2D eigenvalue weighted by Crippen LogP contribution is 2.17. The average molecular weight is 334 g/mol. The molecule has 0 radical (unpaired) electrons. The number of hydrogen-bond donors (Lipinski definition) is 1. The molecule has 1 N–H and O–H groups in total. The molecule has 1 aromatic rings. The fraction of sp³-hybridized carbons (Fsp3) is 0.579. The first-order valence-corrected chi connectivity index (χ1v) is 8.42. The van der Waals surface area contributed by atoms with E-state index in [-0.39, 0.29) is 12.0 Å². The lowest BCUT2D eigenvalue weighted by molar-refractivity contribution is -0.116. The summed E-state index contributed by atoms with van der Waals surface area (Å²) in [7, 11) is 1.68. The van der Waals surface area contributed by atoms with Gasteiger partial charge < -0.3 is 15.0 Å². The number of nitrogens with zero attached hydrogens (tertiary/aromatic N) is 1. The average Bonchev–Trinajstić information content (AvgIpc) is 2.45. The van der Waals surface area contributed by atoms with E-state index in [1.807, 2.05) is 45.0 Å². The van der Waals surface area contributed by atoms with E-state index in [1.165, 1.54) is 10.5 Å². The smallest absolute Gasteiger partial charge is 0.410 e. The van der Waals surface area contributed by atoms with E-state index in [0.717, 1.165) is 5.69 Å². The third-order valence-electron chi connectivity index (χ3n) is 3.46. The second-order valence-corrected chi connectivity index (χ2v) is 7.33. The molecule has 0 saturated heterocycles. The Bertz CT molecular complexity index is 545. The van der Waals surface area contributed by atoms with Crippen molar-refractivity contribution in [3.05, 3.63) is 29.8 Å². The van der Waals surface area contributed by atoms with Crippen LogP contribution in [-0.2, 0) is 9.53 Å². The van der Waals surface area contributed by atoms with Gasteiger partial charge in [0.1, 0.15) is 5.60 Å². The largest absolute Gasteiger partial charge is 0.444 e. The van der Waals surface area contributed by atoms with Gasteiger partial charge in [-0.05, 0) is 50.8 Å². The van der Waals surface area contributed by atoms with Gasteiger partial charge >= 0.3 is 6.09 Å². The van der Waals surface area contributed by atoms with Gasteiger partial charge in [-0.15, -0.1) is 0 Å². The van der Waals surface area contributed by atoms with Crippen LogP contribution in [0.15, 0.2) is 24.3 Å². The molecule has 0 saturated carbocycles. The molecule has 1 aromatic carbocycles. The summed E-state index contributed by atoms with van der Waals surface area (Å²) in [6, 6.07) is 7.88. The normalized spacial score (nSPS) is 11.3. The molecule has 1 rings (SSSR count). The summed E-state index contributed by atoms with van der Waals surface area (Å²) in [5, 5.41) is 2.88. The molecule has 0 aliphatic heterocycles. The van der Waals surface area contributed by atoms with Crippen molar-refractivity contribution in [2.45, 2.75) is 59.0 Å². The molecular formula is C19H30N2O3. The van der Waals surface area contributed by atoms with Gasteiger partial charge in [0.2, 0.25) is 5.91 Å². The molecule has 0 bridgehead atoms. The Hall–Kier alpha value is -2.04. The lowest BCUT2D eigenvalue weighted by Gasteiger charge is -2.24. The molecule has 0 unspecified atom stereocenters. The lowest BCUT2D eigenvalue weighted by Crippen LogP contribution is -2.35. The lowest BCUT2D eigenvalue weighted by atomic mass is 10.0. The molecule has 0 heterocycles. The molecule has 0 aliphatic rings. The molecule has 5 nitrogen and oxygen atoms in total. The van der Waals surface area contributed by atoms with E-state index in [2.05, 4.69) is 19.2 Å². The summed E-state index contributed by atoms with van der Waals surface area (Å²) in [5.74, 6) is 0.419. The summed E-state index contributed by atoms with van der Waals surface area (Å²) >= 11 is 0. The monoisotopic (exact) mass is 334 g/mol. The molecule has 134 valence electrons. The minimum absolute atomic E-state index is 0.0510. The van der Waals surface area contributed by atoms with Crippen molar-refractivity contribution in [1.29, 1.82) is 0 Å². The van der Waals surface area contributed by atoms with E-state index >= 15 is 0 Å². The molecule has 0 fully saturated rings. The van der Waals surface area contributed by atoms with Crippen LogP contribution in [0.1, 0.15) is 58.9 Å². The Morgan fingerprint density at radius 1 is 1.17 bits per heavy atom. The summed E-state index contributed by atoms with van der Waals surface area (Å²) in [6.07, 6.45) is 0.581. The number of nitrogens with one attached hydrogen (secondary N) is 1. The molecule has 5 heteroatoms. The van der Waals surface area contributed by atoms with Crippen molar-refractivity contribution in [1.82, 2.24) is 4.90 Å². The van der Waals surface area contributed by atoms with Crippen LogP contribution in [0.2, 0.25) is 0 Å². The third kappa shape index (κ3) is 7.49. The Balaban J connectivity index is 2.34. The number of carbonyl (C=O) groups excluding carboxylic acids is 2. The van der Waals surface area contributed by atoms with Crippen molar-refractivity contribution < 1.29 is 14.3 Å². The highest BCUT2D eigenvalue weighted by atomic mass is 16.6. The summed E-state index contributed by atoms with van der Waals surface area (Å²) in [5.41, 5.74) is 1.53. The van der Waals surface area contributed by atoms with Crippen LogP contribution < -0.4 is 5.32 Å². The maximum atomic E-state index is 12.0. The Morgan fingerprint density at radius 2 is 1.75 bits per heavy atom. The van der Waals surface area contributed by atoms with Crippen LogP contribution in [-0.4, -0.2) is 36.1 Å². The van der Waals surface area contributed by atoms with Crippen LogP contribution in [0.5, 0.6) is 0 Å². The van der Waals surface area contributed by atoms with Crippen LogP contribution in [0.4, 0.5) is 10.5 Å². The fourth-order valence-corrected chi connectivity index (χ4v) is 2.08. The standard InChI is InChI=1S/C19H30N2O3/c1-14(2)15-9-11-16(12-10-15)20-17(22)8-7-13-21(6)18(23)24-19(3,4)5/h9-12,14H,7-8,13H2,1-6H3,(H,20,22). The molecule has 24 heavy (non-hydrogen) atoms. The van der Waals surface area contributed by atoms with Gasteiger partial charge in [-0.25, -0.2) is 4.79 Å². The van der Waals surface area contributed by atoms with E-state index in [4.69, 9.17) is 4.74 Å². The van der Waals surface area contributed by atoms with E-state index in [0.29, 0.717) is 25.3 Å². The highest BCUT2D eigenvalue weighted by molar-refractivity contribution is 5.90. The van der Waals surface area contributed by atoms with Crippen molar-refractivity contribution in [2.75, 3.05) is 18.9 Å². The predicted molar refractivity (Wildman–Crippen MR) is 97.3 cm³/mol. The number of hydrogen-bond acceptors (Lipinski definition) is 3. The van der Waals surface area contributed by atoms with Gasteiger partial charge in [-0.2, -0.15) is 0 Å². The third-order valence-corrected chi connectivity index (χ3v) is 3.46. The number of ether oxygens (including phenoxy) is 1. The second kappa shape index (κ2) is 8.71. The van der Waals surface area contributed by atoms with Crippen LogP contribution in [0, 0.1) is 0 Å². The Labute approximate surface area is 145 Å². The van der Waals surface area contributed by atoms with Gasteiger partial charge in [0.05, 0.1) is 0 Å². The van der Waals surface area contributed by atoms with E-state index in [9.17, 15) is 9.59 Å². The van der Waals surface area contributed by atoms with Gasteiger partial charge in [0.15, 0.2) is 0 Å². The topological polar surface area (TPSA) is 58.6 Å². The number of anilines is 1. The first-order valence-electron chi connectivity index (χ1n) is 8.42. The van der Waals surface area contributed by atoms with Gasteiger partial charge in [0.25, 0.3) is 0 Å². The molecule has 0 spiro atoms. The molecule has 2 amide bonds. The summed E-state index contributed by atoms with van der Waals surface area (Å²) in [4.78, 5) is 25.3. The number of benzene rings is 1. The summed E-state index contributed by atoms with van der Waals surface area (Å²) < 4.78 is 5.27. The van der Waals surface area contributed by atoms with E-state index in [1.54, 1.807) is 7.05 Å².